The maximum atomic E-state index is 12.5. The van der Waals surface area contributed by atoms with E-state index in [4.69, 9.17) is 17.3 Å². The minimum atomic E-state index is -4.57. The lowest BCUT2D eigenvalue weighted by atomic mass is 10.1. The van der Waals surface area contributed by atoms with Crippen molar-refractivity contribution in [3.05, 3.63) is 22.7 Å². The third-order valence-electron chi connectivity index (χ3n) is 1.66. The van der Waals surface area contributed by atoms with E-state index in [1.54, 1.807) is 0 Å². The molecule has 2 N–H and O–H groups in total. The quantitative estimate of drug-likeness (QED) is 0.746. The van der Waals surface area contributed by atoms with Crippen LogP contribution in [0.3, 0.4) is 0 Å². The summed E-state index contributed by atoms with van der Waals surface area (Å²) in [6.45, 7) is 0. The Balaban J connectivity index is 3.44. The minimum Gasteiger partial charge on any atom is -0.496 e. The zero-order valence-electron chi connectivity index (χ0n) is 7.15. The van der Waals surface area contributed by atoms with Gasteiger partial charge in [0.1, 0.15) is 11.3 Å². The van der Waals surface area contributed by atoms with E-state index < -0.39 is 17.4 Å². The van der Waals surface area contributed by atoms with Crippen molar-refractivity contribution in [3.8, 4) is 5.75 Å². The minimum absolute atomic E-state index is 0.141. The van der Waals surface area contributed by atoms with Crippen molar-refractivity contribution in [3.63, 3.8) is 0 Å². The maximum Gasteiger partial charge on any atom is 0.422 e. The van der Waals surface area contributed by atoms with Gasteiger partial charge in [-0.3, -0.25) is 0 Å². The van der Waals surface area contributed by atoms with E-state index in [0.29, 0.717) is 0 Å². The first kappa shape index (κ1) is 11.0. The molecule has 78 valence electrons. The van der Waals surface area contributed by atoms with E-state index in [1.807, 2.05) is 0 Å². The predicted molar refractivity (Wildman–Crippen MR) is 47.4 cm³/mol. The molecule has 0 amide bonds. The number of alkyl halides is 3. The summed E-state index contributed by atoms with van der Waals surface area (Å²) in [7, 11) is 1.14. The molecule has 0 aliphatic carbocycles. The molecule has 1 rings (SSSR count). The number of hydrogen-bond acceptors (Lipinski definition) is 2. The van der Waals surface area contributed by atoms with Crippen LogP contribution in [0.25, 0.3) is 0 Å². The van der Waals surface area contributed by atoms with Crippen molar-refractivity contribution in [2.24, 2.45) is 0 Å². The van der Waals surface area contributed by atoms with Crippen LogP contribution >= 0.6 is 11.6 Å². The molecule has 0 unspecified atom stereocenters. The SMILES string of the molecule is COc1ccc(Cl)c(N)c1C(F)(F)F. The van der Waals surface area contributed by atoms with Crippen LogP contribution in [0.4, 0.5) is 18.9 Å². The molecule has 0 heterocycles. The van der Waals surface area contributed by atoms with Gasteiger partial charge in [0.05, 0.1) is 17.8 Å². The highest BCUT2D eigenvalue weighted by Crippen LogP contribution is 2.42. The lowest BCUT2D eigenvalue weighted by molar-refractivity contribution is -0.138. The van der Waals surface area contributed by atoms with Gasteiger partial charge in [0.25, 0.3) is 0 Å². The number of anilines is 1. The number of hydrogen-bond donors (Lipinski definition) is 1. The second-order valence-electron chi connectivity index (χ2n) is 2.54. The molecule has 0 radical (unpaired) electrons. The number of rotatable bonds is 1. The molecule has 0 saturated heterocycles. The Kier molecular flexibility index (Phi) is 2.80. The summed E-state index contributed by atoms with van der Waals surface area (Å²) in [6, 6.07) is 2.38. The lowest BCUT2D eigenvalue weighted by Crippen LogP contribution is -2.11. The summed E-state index contributed by atoms with van der Waals surface area (Å²) in [5.41, 5.74) is 3.66. The van der Waals surface area contributed by atoms with Crippen molar-refractivity contribution in [2.45, 2.75) is 6.18 Å². The van der Waals surface area contributed by atoms with Crippen LogP contribution in [-0.4, -0.2) is 7.11 Å². The molecule has 0 aliphatic rings. The second kappa shape index (κ2) is 3.57. The van der Waals surface area contributed by atoms with Crippen LogP contribution in [0, 0.1) is 0 Å². The first-order valence-electron chi connectivity index (χ1n) is 3.57. The molecule has 0 aromatic heterocycles. The molecule has 0 saturated carbocycles. The van der Waals surface area contributed by atoms with E-state index in [2.05, 4.69) is 4.74 Å². The molecular weight excluding hydrogens is 219 g/mol. The number of methoxy groups -OCH3 is 1. The van der Waals surface area contributed by atoms with Gasteiger partial charge in [-0.25, -0.2) is 0 Å². The number of nitrogen functional groups attached to an aromatic ring is 1. The zero-order chi connectivity index (χ0) is 10.9. The molecule has 2 nitrogen and oxygen atoms in total. The highest BCUT2D eigenvalue weighted by Gasteiger charge is 2.37. The van der Waals surface area contributed by atoms with E-state index in [0.717, 1.165) is 13.2 Å². The van der Waals surface area contributed by atoms with Crippen LogP contribution in [0.2, 0.25) is 5.02 Å². The van der Waals surface area contributed by atoms with Gasteiger partial charge in [-0.05, 0) is 12.1 Å². The molecule has 1 aromatic carbocycles. The largest absolute Gasteiger partial charge is 0.496 e. The lowest BCUT2D eigenvalue weighted by Gasteiger charge is -2.14. The Labute approximate surface area is 83.4 Å². The predicted octanol–water partition coefficient (Wildman–Crippen LogP) is 2.95. The first-order valence-corrected chi connectivity index (χ1v) is 3.95. The Morgan fingerprint density at radius 2 is 1.93 bits per heavy atom. The maximum absolute atomic E-state index is 12.5. The Morgan fingerprint density at radius 3 is 2.36 bits per heavy atom. The molecule has 0 bridgehead atoms. The fourth-order valence-electron chi connectivity index (χ4n) is 1.04. The third kappa shape index (κ3) is 1.87. The van der Waals surface area contributed by atoms with Crippen LogP contribution in [-0.2, 0) is 6.18 Å². The fourth-order valence-corrected chi connectivity index (χ4v) is 1.19. The number of benzene rings is 1. The van der Waals surface area contributed by atoms with Crippen LogP contribution in [0.15, 0.2) is 12.1 Å². The summed E-state index contributed by atoms with van der Waals surface area (Å²) >= 11 is 5.47. The Morgan fingerprint density at radius 1 is 1.36 bits per heavy atom. The Bertz CT molecular complexity index is 351. The summed E-state index contributed by atoms with van der Waals surface area (Å²) in [5, 5.41) is -0.141. The van der Waals surface area contributed by atoms with Crippen molar-refractivity contribution in [1.82, 2.24) is 0 Å². The highest BCUT2D eigenvalue weighted by atomic mass is 35.5. The molecule has 0 aliphatic heterocycles. The van der Waals surface area contributed by atoms with Crippen molar-refractivity contribution >= 4 is 17.3 Å². The third-order valence-corrected chi connectivity index (χ3v) is 1.99. The van der Waals surface area contributed by atoms with Gasteiger partial charge in [-0.2, -0.15) is 13.2 Å². The standard InChI is InChI=1S/C8H7ClF3NO/c1-14-5-3-2-4(9)7(13)6(5)8(10,11)12/h2-3H,13H2,1H3. The monoisotopic (exact) mass is 225 g/mol. The Hall–Kier alpha value is -1.10. The summed E-state index contributed by atoms with van der Waals surface area (Å²) < 4.78 is 41.9. The van der Waals surface area contributed by atoms with Crippen molar-refractivity contribution in [2.75, 3.05) is 12.8 Å². The summed E-state index contributed by atoms with van der Waals surface area (Å²) in [6.07, 6.45) is -4.57. The van der Waals surface area contributed by atoms with E-state index >= 15 is 0 Å². The van der Waals surface area contributed by atoms with Crippen LogP contribution in [0.5, 0.6) is 5.75 Å². The second-order valence-corrected chi connectivity index (χ2v) is 2.94. The van der Waals surface area contributed by atoms with Crippen molar-refractivity contribution < 1.29 is 17.9 Å². The molecule has 1 aromatic rings. The van der Waals surface area contributed by atoms with Gasteiger partial charge in [0.15, 0.2) is 0 Å². The van der Waals surface area contributed by atoms with Crippen LogP contribution in [0.1, 0.15) is 5.56 Å². The summed E-state index contributed by atoms with van der Waals surface area (Å²) in [5.74, 6) is -0.334. The van der Waals surface area contributed by atoms with Gasteiger partial charge in [0.2, 0.25) is 0 Å². The molecule has 0 atom stereocenters. The topological polar surface area (TPSA) is 35.2 Å². The molecule has 6 heteroatoms. The first-order chi connectivity index (χ1) is 6.38. The van der Waals surface area contributed by atoms with Gasteiger partial charge in [-0.1, -0.05) is 11.6 Å². The number of nitrogens with two attached hydrogens (primary N) is 1. The van der Waals surface area contributed by atoms with Gasteiger partial charge >= 0.3 is 6.18 Å². The van der Waals surface area contributed by atoms with E-state index in [9.17, 15) is 13.2 Å². The number of ether oxygens (including phenoxy) is 1. The highest BCUT2D eigenvalue weighted by molar-refractivity contribution is 6.33. The molecule has 0 fully saturated rings. The molecule has 0 spiro atoms. The number of halogens is 4. The normalized spacial score (nSPS) is 11.5. The van der Waals surface area contributed by atoms with Crippen LogP contribution < -0.4 is 10.5 Å². The van der Waals surface area contributed by atoms with Gasteiger partial charge in [0, 0.05) is 0 Å². The fraction of sp³-hybridized carbons (Fsp3) is 0.250. The van der Waals surface area contributed by atoms with Crippen molar-refractivity contribution in [1.29, 1.82) is 0 Å². The van der Waals surface area contributed by atoms with E-state index in [1.165, 1.54) is 6.07 Å². The van der Waals surface area contributed by atoms with Gasteiger partial charge in [-0.15, -0.1) is 0 Å². The zero-order valence-corrected chi connectivity index (χ0v) is 7.91. The summed E-state index contributed by atoms with van der Waals surface area (Å²) in [4.78, 5) is 0. The average molecular weight is 226 g/mol. The van der Waals surface area contributed by atoms with E-state index in [-0.39, 0.29) is 10.8 Å². The van der Waals surface area contributed by atoms with Gasteiger partial charge < -0.3 is 10.5 Å². The molecular formula is C8H7ClF3NO. The average Bonchev–Trinajstić information content (AvgIpc) is 2.07. The smallest absolute Gasteiger partial charge is 0.422 e. The molecule has 14 heavy (non-hydrogen) atoms.